The topological polar surface area (TPSA) is 79.7 Å². The molecule has 1 aliphatic heterocycles. The van der Waals surface area contributed by atoms with Crippen LogP contribution in [0.2, 0.25) is 0 Å². The monoisotopic (exact) mass is 434 g/mol. The van der Waals surface area contributed by atoms with Crippen molar-refractivity contribution in [3.05, 3.63) is 77.0 Å². The Balaban J connectivity index is 1.56. The molecule has 166 valence electrons. The number of hydrogen-bond donors (Lipinski definition) is 0. The quantitative estimate of drug-likeness (QED) is 0.367. The summed E-state index contributed by atoms with van der Waals surface area (Å²) in [5, 5.41) is 4.59. The average molecular weight is 434 g/mol. The van der Waals surface area contributed by atoms with Crippen molar-refractivity contribution in [2.24, 2.45) is 0 Å². The predicted molar refractivity (Wildman–Crippen MR) is 118 cm³/mol. The highest BCUT2D eigenvalue weighted by atomic mass is 16.5. The van der Waals surface area contributed by atoms with Gasteiger partial charge in [0.2, 0.25) is 5.88 Å². The highest BCUT2D eigenvalue weighted by Crippen LogP contribution is 2.27. The summed E-state index contributed by atoms with van der Waals surface area (Å²) in [4.78, 5) is 24.3. The maximum Gasteiger partial charge on any atom is 0.236 e. The van der Waals surface area contributed by atoms with Crippen LogP contribution in [0.15, 0.2) is 54.7 Å². The molecule has 1 saturated heterocycles. The summed E-state index contributed by atoms with van der Waals surface area (Å²) in [5.74, 6) is 1.01. The molecule has 1 aliphatic rings. The second kappa shape index (κ2) is 10.2. The molecule has 32 heavy (non-hydrogen) atoms. The van der Waals surface area contributed by atoms with Gasteiger partial charge in [0.15, 0.2) is 12.1 Å². The lowest BCUT2D eigenvalue weighted by atomic mass is 10.0. The smallest absolute Gasteiger partial charge is 0.236 e. The van der Waals surface area contributed by atoms with Gasteiger partial charge >= 0.3 is 0 Å². The number of carbonyl (C=O) groups excluding carboxylic acids is 2. The zero-order valence-electron chi connectivity index (χ0n) is 18.0. The summed E-state index contributed by atoms with van der Waals surface area (Å²) >= 11 is 0. The van der Waals surface area contributed by atoms with Crippen LogP contribution in [-0.4, -0.2) is 35.6 Å². The second-order valence-corrected chi connectivity index (χ2v) is 7.70. The van der Waals surface area contributed by atoms with E-state index in [1.165, 1.54) is 0 Å². The van der Waals surface area contributed by atoms with Gasteiger partial charge in [-0.05, 0) is 37.0 Å². The van der Waals surface area contributed by atoms with E-state index in [0.717, 1.165) is 30.6 Å². The Morgan fingerprint density at radius 3 is 2.72 bits per heavy atom. The summed E-state index contributed by atoms with van der Waals surface area (Å²) in [6, 6.07) is 14.4. The van der Waals surface area contributed by atoms with Crippen molar-refractivity contribution in [2.75, 3.05) is 13.7 Å². The fourth-order valence-electron chi connectivity index (χ4n) is 3.73. The molecule has 7 nitrogen and oxygen atoms in total. The van der Waals surface area contributed by atoms with Gasteiger partial charge in [0.25, 0.3) is 0 Å². The number of hydrogen-bond acceptors (Lipinski definition) is 6. The molecule has 1 fully saturated rings. The van der Waals surface area contributed by atoms with E-state index < -0.39 is 0 Å². The van der Waals surface area contributed by atoms with E-state index >= 15 is 0 Å². The van der Waals surface area contributed by atoms with Crippen molar-refractivity contribution < 1.29 is 23.8 Å². The molecule has 0 aliphatic carbocycles. The number of aromatic nitrogens is 2. The van der Waals surface area contributed by atoms with Crippen LogP contribution < -0.4 is 9.47 Å². The fourth-order valence-corrected chi connectivity index (χ4v) is 3.73. The molecule has 0 N–H and O–H groups in total. The van der Waals surface area contributed by atoms with Crippen molar-refractivity contribution in [3.63, 3.8) is 0 Å². The van der Waals surface area contributed by atoms with Gasteiger partial charge in [-0.1, -0.05) is 36.4 Å². The van der Waals surface area contributed by atoms with Gasteiger partial charge in [0, 0.05) is 35.9 Å². The first-order chi connectivity index (χ1) is 15.7. The van der Waals surface area contributed by atoms with Crippen LogP contribution >= 0.6 is 0 Å². The molecule has 0 spiro atoms. The minimum atomic E-state index is -0.168. The normalized spacial score (nSPS) is 15.8. The molecule has 0 bridgehead atoms. The summed E-state index contributed by atoms with van der Waals surface area (Å²) in [5.41, 5.74) is 2.39. The maximum atomic E-state index is 13.0. The molecule has 4 rings (SSSR count). The first-order valence-corrected chi connectivity index (χ1v) is 10.7. The number of ketones is 1. The van der Waals surface area contributed by atoms with Crippen molar-refractivity contribution in [1.29, 1.82) is 0 Å². The van der Waals surface area contributed by atoms with Crippen molar-refractivity contribution >= 4 is 12.1 Å². The number of Topliss-reactive ketones (excluding diaryl/α,β-unsaturated/α-hetero) is 1. The number of aldehydes is 1. The van der Waals surface area contributed by atoms with Gasteiger partial charge in [-0.15, -0.1) is 5.10 Å². The molecule has 1 aromatic heterocycles. The molecule has 1 unspecified atom stereocenters. The lowest BCUT2D eigenvalue weighted by Gasteiger charge is -2.22. The first-order valence-electron chi connectivity index (χ1n) is 10.7. The Labute approximate surface area is 186 Å². The number of carbonyl (C=O) groups is 2. The number of benzene rings is 2. The number of rotatable bonds is 9. The van der Waals surface area contributed by atoms with Crippen molar-refractivity contribution in [3.8, 4) is 11.6 Å². The molecule has 3 aromatic rings. The SMILES string of the molecule is COc1ccc(COc2nn(C3CCCCO3)cc2CC(=O)c2ccccc2C=O)cc1. The summed E-state index contributed by atoms with van der Waals surface area (Å²) < 4.78 is 18.8. The molecule has 2 heterocycles. The molecule has 2 aromatic carbocycles. The third-order valence-corrected chi connectivity index (χ3v) is 5.49. The van der Waals surface area contributed by atoms with E-state index in [-0.39, 0.29) is 18.4 Å². The van der Waals surface area contributed by atoms with E-state index in [1.807, 2.05) is 30.5 Å². The van der Waals surface area contributed by atoms with Crippen molar-refractivity contribution in [2.45, 2.75) is 38.5 Å². The standard InChI is InChI=1S/C25H26N2O5/c1-30-21-11-9-18(10-12-21)17-32-25-20(15-27(26-25)24-8-4-5-13-31-24)14-23(29)22-7-3-2-6-19(22)16-28/h2-3,6-7,9-12,15-16,24H,4-5,8,13-14,17H2,1H3. The summed E-state index contributed by atoms with van der Waals surface area (Å²) in [6.07, 6.45) is 5.39. The number of nitrogens with zero attached hydrogens (tertiary/aromatic N) is 2. The third kappa shape index (κ3) is 5.06. The lowest BCUT2D eigenvalue weighted by Crippen LogP contribution is -2.18. The van der Waals surface area contributed by atoms with Gasteiger partial charge in [-0.2, -0.15) is 0 Å². The number of methoxy groups -OCH3 is 1. The highest BCUT2D eigenvalue weighted by molar-refractivity contribution is 6.03. The van der Waals surface area contributed by atoms with E-state index in [9.17, 15) is 9.59 Å². The summed E-state index contributed by atoms with van der Waals surface area (Å²) in [7, 11) is 1.62. The Hall–Kier alpha value is -3.45. The van der Waals surface area contributed by atoms with Crippen LogP contribution in [0.5, 0.6) is 11.6 Å². The Kier molecular flexibility index (Phi) is 6.97. The summed E-state index contributed by atoms with van der Waals surface area (Å²) in [6.45, 7) is 0.992. The zero-order chi connectivity index (χ0) is 22.3. The predicted octanol–water partition coefficient (Wildman–Crippen LogP) is 4.41. The van der Waals surface area contributed by atoms with E-state index in [2.05, 4.69) is 5.10 Å². The van der Waals surface area contributed by atoms with Gasteiger partial charge in [0.1, 0.15) is 18.6 Å². The van der Waals surface area contributed by atoms with Gasteiger partial charge in [-0.25, -0.2) is 4.68 Å². The minimum absolute atomic E-state index is 0.0789. The number of ether oxygens (including phenoxy) is 3. The maximum absolute atomic E-state index is 13.0. The largest absolute Gasteiger partial charge is 0.497 e. The van der Waals surface area contributed by atoms with E-state index in [4.69, 9.17) is 14.2 Å². The van der Waals surface area contributed by atoms with Gasteiger partial charge < -0.3 is 14.2 Å². The molecule has 7 heteroatoms. The third-order valence-electron chi connectivity index (χ3n) is 5.49. The fraction of sp³-hybridized carbons (Fsp3) is 0.320. The molecule has 0 radical (unpaired) electrons. The highest BCUT2D eigenvalue weighted by Gasteiger charge is 2.22. The molecular formula is C25H26N2O5. The first kappa shape index (κ1) is 21.8. The van der Waals surface area contributed by atoms with Crippen LogP contribution in [0.4, 0.5) is 0 Å². The Bertz CT molecular complexity index is 1070. The molecule has 0 amide bonds. The van der Waals surface area contributed by atoms with Crippen LogP contribution in [0, 0.1) is 0 Å². The molecule has 0 saturated carbocycles. The average Bonchev–Trinajstić information content (AvgIpc) is 3.26. The van der Waals surface area contributed by atoms with Gasteiger partial charge in [0.05, 0.1) is 7.11 Å². The van der Waals surface area contributed by atoms with E-state index in [0.29, 0.717) is 42.1 Å². The van der Waals surface area contributed by atoms with Crippen molar-refractivity contribution in [1.82, 2.24) is 9.78 Å². The minimum Gasteiger partial charge on any atom is -0.497 e. The zero-order valence-corrected chi connectivity index (χ0v) is 18.0. The molecule has 1 atom stereocenters. The van der Waals surface area contributed by atoms with Gasteiger partial charge in [-0.3, -0.25) is 9.59 Å². The van der Waals surface area contributed by atoms with Crippen LogP contribution in [-0.2, 0) is 17.8 Å². The lowest BCUT2D eigenvalue weighted by molar-refractivity contribution is -0.0401. The Morgan fingerprint density at radius 2 is 2.00 bits per heavy atom. The van der Waals surface area contributed by atoms with Crippen LogP contribution in [0.3, 0.4) is 0 Å². The Morgan fingerprint density at radius 1 is 1.19 bits per heavy atom. The second-order valence-electron chi connectivity index (χ2n) is 7.70. The van der Waals surface area contributed by atoms with Crippen LogP contribution in [0.25, 0.3) is 0 Å². The van der Waals surface area contributed by atoms with Crippen LogP contribution in [0.1, 0.15) is 57.3 Å². The van der Waals surface area contributed by atoms with E-state index in [1.54, 1.807) is 36.1 Å². The molecular weight excluding hydrogens is 408 g/mol.